The quantitative estimate of drug-likeness (QED) is 0.778. The Bertz CT molecular complexity index is 612. The lowest BCUT2D eigenvalue weighted by Gasteiger charge is -2.34. The summed E-state index contributed by atoms with van der Waals surface area (Å²) >= 11 is 2.86. The van der Waals surface area contributed by atoms with Crippen LogP contribution in [0.2, 0.25) is 0 Å². The first kappa shape index (κ1) is 16.7. The Hall–Kier alpha value is -1.70. The Balaban J connectivity index is 2.13. The third-order valence-corrected chi connectivity index (χ3v) is 4.11. The molecule has 5 nitrogen and oxygen atoms in total. The summed E-state index contributed by atoms with van der Waals surface area (Å²) in [5.41, 5.74) is -0.290. The van der Waals surface area contributed by atoms with Crippen molar-refractivity contribution >= 4 is 33.6 Å². The highest BCUT2D eigenvalue weighted by molar-refractivity contribution is 9.10. The highest BCUT2D eigenvalue weighted by atomic mass is 79.9. The van der Waals surface area contributed by atoms with E-state index in [-0.39, 0.29) is 22.6 Å². The van der Waals surface area contributed by atoms with Crippen molar-refractivity contribution in [3.8, 4) is 0 Å². The fourth-order valence-electron chi connectivity index (χ4n) is 2.54. The molecular weight excluding hydrogens is 362 g/mol. The molecule has 1 heterocycles. The molecule has 1 aliphatic rings. The number of carbonyl (C=O) groups is 2. The number of carboxylic acids is 1. The van der Waals surface area contributed by atoms with Crippen LogP contribution in [0.3, 0.4) is 0 Å². The zero-order chi connectivity index (χ0) is 16.4. The Morgan fingerprint density at radius 2 is 2.05 bits per heavy atom. The number of carbonyl (C=O) groups excluding carboxylic acids is 1. The number of rotatable bonds is 2. The van der Waals surface area contributed by atoms with E-state index < -0.39 is 29.6 Å². The maximum Gasteiger partial charge on any atom is 0.321 e. The SMILES string of the molecule is CC1CC(C(=O)O)CN(C(=O)Nc2cc(F)cc(Br)c2F)C1. The molecule has 1 aliphatic heterocycles. The minimum atomic E-state index is -0.968. The third kappa shape index (κ3) is 3.73. The van der Waals surface area contributed by atoms with Crippen molar-refractivity contribution in [2.75, 3.05) is 18.4 Å². The molecule has 0 radical (unpaired) electrons. The fraction of sp³-hybridized carbons (Fsp3) is 0.429. The zero-order valence-corrected chi connectivity index (χ0v) is 13.4. The number of piperidine rings is 1. The number of amides is 2. The second-order valence-electron chi connectivity index (χ2n) is 5.46. The number of nitrogens with zero attached hydrogens (tertiary/aromatic N) is 1. The van der Waals surface area contributed by atoms with Crippen LogP contribution < -0.4 is 5.32 Å². The average Bonchev–Trinajstić information content (AvgIpc) is 2.43. The molecule has 0 aromatic heterocycles. The molecule has 120 valence electrons. The number of halogens is 3. The monoisotopic (exact) mass is 376 g/mol. The summed E-state index contributed by atoms with van der Waals surface area (Å²) in [5.74, 6) is -3.08. The van der Waals surface area contributed by atoms with Crippen LogP contribution in [0.5, 0.6) is 0 Å². The van der Waals surface area contributed by atoms with E-state index in [1.807, 2.05) is 6.92 Å². The van der Waals surface area contributed by atoms with E-state index in [0.29, 0.717) is 13.0 Å². The molecule has 2 rings (SSSR count). The van der Waals surface area contributed by atoms with Crippen molar-refractivity contribution < 1.29 is 23.5 Å². The standard InChI is InChI=1S/C14H15BrF2N2O3/c1-7-2-8(13(20)21)6-19(5-7)14(22)18-11-4-9(16)3-10(15)12(11)17/h3-4,7-8H,2,5-6H2,1H3,(H,18,22)(H,20,21). The number of hydrogen-bond acceptors (Lipinski definition) is 2. The normalized spacial score (nSPS) is 21.5. The van der Waals surface area contributed by atoms with Gasteiger partial charge in [-0.15, -0.1) is 0 Å². The van der Waals surface area contributed by atoms with Gasteiger partial charge in [-0.1, -0.05) is 6.92 Å². The molecule has 1 saturated heterocycles. The largest absolute Gasteiger partial charge is 0.481 e. The molecule has 0 spiro atoms. The summed E-state index contributed by atoms with van der Waals surface area (Å²) in [6, 6.07) is 1.18. The smallest absolute Gasteiger partial charge is 0.321 e. The first-order valence-electron chi connectivity index (χ1n) is 6.71. The van der Waals surface area contributed by atoms with E-state index >= 15 is 0 Å². The van der Waals surface area contributed by atoms with E-state index in [1.165, 1.54) is 4.90 Å². The van der Waals surface area contributed by atoms with Gasteiger partial charge in [0.1, 0.15) is 5.82 Å². The van der Waals surface area contributed by atoms with Gasteiger partial charge in [0.05, 0.1) is 16.1 Å². The van der Waals surface area contributed by atoms with E-state index in [1.54, 1.807) is 0 Å². The molecule has 1 aromatic rings. The van der Waals surface area contributed by atoms with Gasteiger partial charge in [-0.05, 0) is 34.3 Å². The Morgan fingerprint density at radius 1 is 1.36 bits per heavy atom. The fourth-order valence-corrected chi connectivity index (χ4v) is 2.97. The number of nitrogens with one attached hydrogen (secondary N) is 1. The molecule has 0 saturated carbocycles. The number of likely N-dealkylation sites (tertiary alicyclic amines) is 1. The molecule has 2 atom stereocenters. The Labute approximate surface area is 134 Å². The van der Waals surface area contributed by atoms with E-state index in [4.69, 9.17) is 5.11 Å². The third-order valence-electron chi connectivity index (χ3n) is 3.53. The van der Waals surface area contributed by atoms with E-state index in [0.717, 1.165) is 12.1 Å². The highest BCUT2D eigenvalue weighted by Crippen LogP contribution is 2.26. The van der Waals surface area contributed by atoms with Gasteiger partial charge in [-0.3, -0.25) is 4.79 Å². The van der Waals surface area contributed by atoms with Crippen LogP contribution in [0.4, 0.5) is 19.3 Å². The van der Waals surface area contributed by atoms with Crippen molar-refractivity contribution in [1.82, 2.24) is 4.90 Å². The average molecular weight is 377 g/mol. The molecule has 2 unspecified atom stereocenters. The zero-order valence-electron chi connectivity index (χ0n) is 11.8. The summed E-state index contributed by atoms with van der Waals surface area (Å²) in [6.07, 6.45) is 0.485. The molecule has 0 aliphatic carbocycles. The van der Waals surface area contributed by atoms with Crippen LogP contribution in [-0.2, 0) is 4.79 Å². The number of benzene rings is 1. The lowest BCUT2D eigenvalue weighted by molar-refractivity contribution is -0.143. The van der Waals surface area contributed by atoms with Crippen molar-refractivity contribution in [3.63, 3.8) is 0 Å². The predicted molar refractivity (Wildman–Crippen MR) is 79.6 cm³/mol. The number of hydrogen-bond donors (Lipinski definition) is 2. The summed E-state index contributed by atoms with van der Waals surface area (Å²) in [4.78, 5) is 24.6. The minimum Gasteiger partial charge on any atom is -0.481 e. The van der Waals surface area contributed by atoms with Gasteiger partial charge in [0.2, 0.25) is 0 Å². The highest BCUT2D eigenvalue weighted by Gasteiger charge is 2.32. The number of carboxylic acid groups (broad SMARTS) is 1. The molecule has 8 heteroatoms. The summed E-state index contributed by atoms with van der Waals surface area (Å²) in [6.45, 7) is 2.26. The summed E-state index contributed by atoms with van der Waals surface area (Å²) in [5, 5.41) is 11.4. The number of urea groups is 1. The number of anilines is 1. The van der Waals surface area contributed by atoms with Gasteiger partial charge in [-0.2, -0.15) is 0 Å². The van der Waals surface area contributed by atoms with Crippen LogP contribution in [0.25, 0.3) is 0 Å². The molecule has 22 heavy (non-hydrogen) atoms. The molecule has 2 amide bonds. The van der Waals surface area contributed by atoms with E-state index in [9.17, 15) is 18.4 Å². The van der Waals surface area contributed by atoms with Gasteiger partial charge in [0.25, 0.3) is 0 Å². The van der Waals surface area contributed by atoms with Crippen molar-refractivity contribution in [3.05, 3.63) is 28.2 Å². The topological polar surface area (TPSA) is 69.6 Å². The molecule has 0 bridgehead atoms. The van der Waals surface area contributed by atoms with Crippen LogP contribution in [0.1, 0.15) is 13.3 Å². The summed E-state index contributed by atoms with van der Waals surface area (Å²) < 4.78 is 27.0. The van der Waals surface area contributed by atoms with Crippen LogP contribution >= 0.6 is 15.9 Å². The van der Waals surface area contributed by atoms with Gasteiger partial charge in [0, 0.05) is 19.2 Å². The van der Waals surface area contributed by atoms with Crippen molar-refractivity contribution in [2.24, 2.45) is 11.8 Å². The Kier molecular flexibility index (Phi) is 5.00. The maximum absolute atomic E-state index is 13.8. The molecule has 2 N–H and O–H groups in total. The van der Waals surface area contributed by atoms with Crippen molar-refractivity contribution in [1.29, 1.82) is 0 Å². The lowest BCUT2D eigenvalue weighted by atomic mass is 9.91. The van der Waals surface area contributed by atoms with Crippen LogP contribution in [0.15, 0.2) is 16.6 Å². The first-order valence-corrected chi connectivity index (χ1v) is 7.50. The first-order chi connectivity index (χ1) is 10.3. The van der Waals surface area contributed by atoms with Gasteiger partial charge in [-0.25, -0.2) is 13.6 Å². The summed E-state index contributed by atoms with van der Waals surface area (Å²) in [7, 11) is 0. The van der Waals surface area contributed by atoms with E-state index in [2.05, 4.69) is 21.2 Å². The molecule has 1 aromatic carbocycles. The second-order valence-corrected chi connectivity index (χ2v) is 6.31. The van der Waals surface area contributed by atoms with Gasteiger partial charge >= 0.3 is 12.0 Å². The predicted octanol–water partition coefficient (Wildman–Crippen LogP) is 3.30. The lowest BCUT2D eigenvalue weighted by Crippen LogP contribution is -2.47. The van der Waals surface area contributed by atoms with Gasteiger partial charge < -0.3 is 15.3 Å². The van der Waals surface area contributed by atoms with Crippen LogP contribution in [0, 0.1) is 23.5 Å². The molecule has 1 fully saturated rings. The number of aliphatic carboxylic acids is 1. The Morgan fingerprint density at radius 3 is 2.68 bits per heavy atom. The minimum absolute atomic E-state index is 0.0182. The second kappa shape index (κ2) is 6.60. The van der Waals surface area contributed by atoms with Crippen molar-refractivity contribution in [2.45, 2.75) is 13.3 Å². The van der Waals surface area contributed by atoms with Gasteiger partial charge in [0.15, 0.2) is 5.82 Å². The molecular formula is C14H15BrF2N2O3. The van der Waals surface area contributed by atoms with Crippen LogP contribution in [-0.4, -0.2) is 35.1 Å². The maximum atomic E-state index is 13.8.